The largest absolute Gasteiger partial charge is 0.374 e. The first-order valence-corrected chi connectivity index (χ1v) is 8.22. The van der Waals surface area contributed by atoms with Gasteiger partial charge in [0.15, 0.2) is 0 Å². The Morgan fingerprint density at radius 2 is 2.25 bits per heavy atom. The van der Waals surface area contributed by atoms with E-state index in [1.165, 1.54) is 6.07 Å². The van der Waals surface area contributed by atoms with E-state index in [1.807, 2.05) is 12.1 Å². The van der Waals surface area contributed by atoms with Crippen LogP contribution in [0.3, 0.4) is 0 Å². The second-order valence-corrected chi connectivity index (χ2v) is 6.48. The Hall–Kier alpha value is -0.450. The van der Waals surface area contributed by atoms with Gasteiger partial charge in [-0.15, -0.1) is 0 Å². The van der Waals surface area contributed by atoms with Crippen LogP contribution in [0.15, 0.2) is 22.7 Å². The Labute approximate surface area is 129 Å². The minimum Gasteiger partial charge on any atom is -0.374 e. The van der Waals surface area contributed by atoms with E-state index in [-0.39, 0.29) is 18.0 Å². The number of benzene rings is 1. The first-order chi connectivity index (χ1) is 9.60. The van der Waals surface area contributed by atoms with Crippen molar-refractivity contribution in [1.29, 1.82) is 0 Å². The molecule has 1 aromatic carbocycles. The molecule has 0 spiro atoms. The van der Waals surface area contributed by atoms with Gasteiger partial charge in [0, 0.05) is 10.5 Å². The number of ether oxygens (including phenoxy) is 1. The molecule has 0 saturated carbocycles. The molecule has 0 amide bonds. The summed E-state index contributed by atoms with van der Waals surface area (Å²) in [4.78, 5) is 0. The van der Waals surface area contributed by atoms with Gasteiger partial charge in [0.25, 0.3) is 0 Å². The van der Waals surface area contributed by atoms with Gasteiger partial charge in [-0.3, -0.25) is 0 Å². The van der Waals surface area contributed by atoms with Crippen molar-refractivity contribution in [3.63, 3.8) is 0 Å². The molecule has 1 aromatic rings. The molecule has 1 aliphatic heterocycles. The molecule has 0 bridgehead atoms. The average molecular weight is 344 g/mol. The normalized spacial score (nSPS) is 24.0. The SMILES string of the molecule is CCCNC(Cc1ccc(Br)cc1F)C1CCC(C)O1. The van der Waals surface area contributed by atoms with Crippen LogP contribution in [0.1, 0.15) is 38.7 Å². The lowest BCUT2D eigenvalue weighted by atomic mass is 9.98. The van der Waals surface area contributed by atoms with Crippen LogP contribution < -0.4 is 5.32 Å². The van der Waals surface area contributed by atoms with Crippen molar-refractivity contribution >= 4 is 15.9 Å². The lowest BCUT2D eigenvalue weighted by molar-refractivity contribution is 0.0319. The Bertz CT molecular complexity index is 440. The van der Waals surface area contributed by atoms with E-state index in [1.54, 1.807) is 0 Å². The molecule has 0 radical (unpaired) electrons. The smallest absolute Gasteiger partial charge is 0.127 e. The molecule has 3 unspecified atom stereocenters. The van der Waals surface area contributed by atoms with E-state index in [0.29, 0.717) is 12.5 Å². The minimum absolute atomic E-state index is 0.145. The fourth-order valence-electron chi connectivity index (χ4n) is 2.72. The summed E-state index contributed by atoms with van der Waals surface area (Å²) in [5.74, 6) is -0.145. The minimum atomic E-state index is -0.145. The highest BCUT2D eigenvalue weighted by Crippen LogP contribution is 2.25. The molecule has 20 heavy (non-hydrogen) atoms. The van der Waals surface area contributed by atoms with E-state index >= 15 is 0 Å². The van der Waals surface area contributed by atoms with Crippen LogP contribution in [-0.4, -0.2) is 24.8 Å². The molecule has 3 atom stereocenters. The van der Waals surface area contributed by atoms with Gasteiger partial charge < -0.3 is 10.1 Å². The second kappa shape index (κ2) is 7.53. The number of rotatable bonds is 6. The summed E-state index contributed by atoms with van der Waals surface area (Å²) < 4.78 is 20.7. The van der Waals surface area contributed by atoms with Gasteiger partial charge in [-0.1, -0.05) is 28.9 Å². The fraction of sp³-hybridized carbons (Fsp3) is 0.625. The van der Waals surface area contributed by atoms with Crippen LogP contribution >= 0.6 is 15.9 Å². The molecule has 4 heteroatoms. The molecule has 1 heterocycles. The Morgan fingerprint density at radius 1 is 1.45 bits per heavy atom. The summed E-state index contributed by atoms with van der Waals surface area (Å²) in [6.45, 7) is 5.19. The number of hydrogen-bond donors (Lipinski definition) is 1. The Balaban J connectivity index is 2.06. The number of nitrogens with one attached hydrogen (secondary N) is 1. The summed E-state index contributed by atoms with van der Waals surface area (Å²) in [6, 6.07) is 5.48. The van der Waals surface area contributed by atoms with Crippen LogP contribution in [0.5, 0.6) is 0 Å². The zero-order chi connectivity index (χ0) is 14.5. The Morgan fingerprint density at radius 3 is 2.85 bits per heavy atom. The zero-order valence-corrected chi connectivity index (χ0v) is 13.7. The van der Waals surface area contributed by atoms with Crippen LogP contribution in [0.25, 0.3) is 0 Å². The summed E-state index contributed by atoms with van der Waals surface area (Å²) in [6.07, 6.45) is 4.41. The van der Waals surface area contributed by atoms with Crippen LogP contribution in [0.2, 0.25) is 0 Å². The van der Waals surface area contributed by atoms with Crippen molar-refractivity contribution in [2.45, 2.75) is 57.8 Å². The van der Waals surface area contributed by atoms with E-state index in [0.717, 1.165) is 35.8 Å². The number of hydrogen-bond acceptors (Lipinski definition) is 2. The highest BCUT2D eigenvalue weighted by Gasteiger charge is 2.29. The Kier molecular flexibility index (Phi) is 6.00. The lowest BCUT2D eigenvalue weighted by Gasteiger charge is -2.25. The predicted molar refractivity (Wildman–Crippen MR) is 83.5 cm³/mol. The molecular weight excluding hydrogens is 321 g/mol. The molecule has 2 rings (SSSR count). The second-order valence-electron chi connectivity index (χ2n) is 5.56. The molecule has 112 valence electrons. The van der Waals surface area contributed by atoms with Crippen LogP contribution in [0, 0.1) is 5.82 Å². The molecular formula is C16H23BrFNO. The summed E-state index contributed by atoms with van der Waals surface area (Å²) >= 11 is 3.30. The van der Waals surface area contributed by atoms with E-state index in [9.17, 15) is 4.39 Å². The molecule has 1 saturated heterocycles. The maximum absolute atomic E-state index is 14.0. The lowest BCUT2D eigenvalue weighted by Crippen LogP contribution is -2.42. The topological polar surface area (TPSA) is 21.3 Å². The number of halogens is 2. The molecule has 1 aliphatic rings. The first kappa shape index (κ1) is 15.9. The first-order valence-electron chi connectivity index (χ1n) is 7.43. The van der Waals surface area contributed by atoms with Crippen LogP contribution in [0.4, 0.5) is 4.39 Å². The van der Waals surface area contributed by atoms with Crippen molar-refractivity contribution in [1.82, 2.24) is 5.32 Å². The van der Waals surface area contributed by atoms with Crippen molar-refractivity contribution in [2.75, 3.05) is 6.54 Å². The zero-order valence-electron chi connectivity index (χ0n) is 12.2. The van der Waals surface area contributed by atoms with E-state index < -0.39 is 0 Å². The fourth-order valence-corrected chi connectivity index (χ4v) is 3.05. The van der Waals surface area contributed by atoms with Crippen molar-refractivity contribution in [3.05, 3.63) is 34.1 Å². The van der Waals surface area contributed by atoms with Gasteiger partial charge >= 0.3 is 0 Å². The van der Waals surface area contributed by atoms with Crippen molar-refractivity contribution in [3.8, 4) is 0 Å². The molecule has 2 nitrogen and oxygen atoms in total. The third-order valence-corrected chi connectivity index (χ3v) is 4.32. The third kappa shape index (κ3) is 4.27. The average Bonchev–Trinajstić information content (AvgIpc) is 2.83. The van der Waals surface area contributed by atoms with Gasteiger partial charge in [-0.05, 0) is 56.8 Å². The molecule has 0 aliphatic carbocycles. The summed E-state index contributed by atoms with van der Waals surface area (Å²) in [7, 11) is 0. The standard InChI is InChI=1S/C16H23BrFNO/c1-3-8-19-15(16-7-4-11(2)20-16)9-12-5-6-13(17)10-14(12)18/h5-6,10-11,15-16,19H,3-4,7-9H2,1-2H3. The molecule has 0 aromatic heterocycles. The van der Waals surface area contributed by atoms with Crippen molar-refractivity contribution in [2.24, 2.45) is 0 Å². The van der Waals surface area contributed by atoms with Crippen LogP contribution in [-0.2, 0) is 11.2 Å². The highest BCUT2D eigenvalue weighted by atomic mass is 79.9. The quantitative estimate of drug-likeness (QED) is 0.840. The maximum atomic E-state index is 14.0. The third-order valence-electron chi connectivity index (χ3n) is 3.83. The van der Waals surface area contributed by atoms with E-state index in [4.69, 9.17) is 4.74 Å². The highest BCUT2D eigenvalue weighted by molar-refractivity contribution is 9.10. The molecule has 1 fully saturated rings. The summed E-state index contributed by atoms with van der Waals surface area (Å²) in [5.41, 5.74) is 0.755. The van der Waals surface area contributed by atoms with Gasteiger partial charge in [0.2, 0.25) is 0 Å². The van der Waals surface area contributed by atoms with Crippen molar-refractivity contribution < 1.29 is 9.13 Å². The monoisotopic (exact) mass is 343 g/mol. The maximum Gasteiger partial charge on any atom is 0.127 e. The van der Waals surface area contributed by atoms with E-state index in [2.05, 4.69) is 35.1 Å². The summed E-state index contributed by atoms with van der Waals surface area (Å²) in [5, 5.41) is 3.52. The van der Waals surface area contributed by atoms with Gasteiger partial charge in [0.05, 0.1) is 12.2 Å². The predicted octanol–water partition coefficient (Wildman–Crippen LogP) is 4.07. The van der Waals surface area contributed by atoms with Gasteiger partial charge in [-0.25, -0.2) is 4.39 Å². The van der Waals surface area contributed by atoms with Gasteiger partial charge in [-0.2, -0.15) is 0 Å². The van der Waals surface area contributed by atoms with Gasteiger partial charge in [0.1, 0.15) is 5.82 Å². The molecule has 1 N–H and O–H groups in total.